The summed E-state index contributed by atoms with van der Waals surface area (Å²) < 4.78 is 6.17. The lowest BCUT2D eigenvalue weighted by atomic mass is 10.0. The zero-order valence-electron chi connectivity index (χ0n) is 10.5. The smallest absolute Gasteiger partial charge is 0.343 e. The van der Waals surface area contributed by atoms with Gasteiger partial charge in [-0.05, 0) is 49.2 Å². The van der Waals surface area contributed by atoms with Gasteiger partial charge in [-0.3, -0.25) is 0 Å². The van der Waals surface area contributed by atoms with Gasteiger partial charge in [-0.2, -0.15) is 0 Å². The van der Waals surface area contributed by atoms with Gasteiger partial charge in [0.25, 0.3) is 0 Å². The molecular weight excluding hydrogens is 328 g/mol. The fourth-order valence-corrected chi connectivity index (χ4v) is 2.40. The number of esters is 1. The number of rotatable bonds is 2. The third kappa shape index (κ3) is 3.17. The van der Waals surface area contributed by atoms with Crippen molar-refractivity contribution in [2.75, 3.05) is 0 Å². The van der Waals surface area contributed by atoms with E-state index in [1.807, 2.05) is 26.0 Å². The molecule has 2 aromatic carbocycles. The Balaban J connectivity index is 2.28. The lowest BCUT2D eigenvalue weighted by Crippen LogP contribution is -2.11. The van der Waals surface area contributed by atoms with E-state index >= 15 is 0 Å². The van der Waals surface area contributed by atoms with Crippen molar-refractivity contribution >= 4 is 33.5 Å². The van der Waals surface area contributed by atoms with E-state index in [1.165, 1.54) is 0 Å². The molecule has 4 heteroatoms. The van der Waals surface area contributed by atoms with Crippen LogP contribution >= 0.6 is 27.5 Å². The van der Waals surface area contributed by atoms with Gasteiger partial charge in [-0.25, -0.2) is 4.79 Å². The molecule has 2 aromatic rings. The largest absolute Gasteiger partial charge is 0.421 e. The molecule has 0 saturated heterocycles. The second-order valence-electron chi connectivity index (χ2n) is 4.21. The molecule has 0 bridgehead atoms. The zero-order valence-corrected chi connectivity index (χ0v) is 12.9. The van der Waals surface area contributed by atoms with Crippen LogP contribution in [0.1, 0.15) is 21.5 Å². The second kappa shape index (κ2) is 5.76. The van der Waals surface area contributed by atoms with Crippen molar-refractivity contribution in [3.63, 3.8) is 0 Å². The molecule has 2 nitrogen and oxygen atoms in total. The highest BCUT2D eigenvalue weighted by molar-refractivity contribution is 9.10. The number of ether oxygens (including phenoxy) is 1. The minimum atomic E-state index is -0.398. The third-order valence-electron chi connectivity index (χ3n) is 2.92. The van der Waals surface area contributed by atoms with Crippen LogP contribution in [-0.4, -0.2) is 5.97 Å². The summed E-state index contributed by atoms with van der Waals surface area (Å²) in [6.45, 7) is 3.85. The molecule has 0 radical (unpaired) electrons. The molecule has 0 aliphatic rings. The van der Waals surface area contributed by atoms with E-state index < -0.39 is 5.97 Å². The van der Waals surface area contributed by atoms with E-state index in [2.05, 4.69) is 15.9 Å². The first-order valence-electron chi connectivity index (χ1n) is 5.72. The maximum absolute atomic E-state index is 12.1. The van der Waals surface area contributed by atoms with Crippen LogP contribution in [0.3, 0.4) is 0 Å². The molecule has 0 atom stereocenters. The molecule has 0 aliphatic heterocycles. The summed E-state index contributed by atoms with van der Waals surface area (Å²) in [5.41, 5.74) is 2.52. The molecule has 0 N–H and O–H groups in total. The van der Waals surface area contributed by atoms with Crippen molar-refractivity contribution in [3.05, 3.63) is 62.6 Å². The van der Waals surface area contributed by atoms with Crippen molar-refractivity contribution in [2.45, 2.75) is 13.8 Å². The van der Waals surface area contributed by atoms with Crippen molar-refractivity contribution in [1.82, 2.24) is 0 Å². The Morgan fingerprint density at radius 3 is 2.63 bits per heavy atom. The first-order valence-corrected chi connectivity index (χ1v) is 6.89. The lowest BCUT2D eigenvalue weighted by Gasteiger charge is -2.09. The molecule has 0 amide bonds. The van der Waals surface area contributed by atoms with Crippen molar-refractivity contribution in [3.8, 4) is 5.75 Å². The summed E-state index contributed by atoms with van der Waals surface area (Å²) in [6, 6.07) is 10.7. The van der Waals surface area contributed by atoms with Crippen LogP contribution < -0.4 is 4.74 Å². The number of halogens is 2. The van der Waals surface area contributed by atoms with E-state index in [9.17, 15) is 4.79 Å². The van der Waals surface area contributed by atoms with Crippen LogP contribution in [-0.2, 0) is 0 Å². The fraction of sp³-hybridized carbons (Fsp3) is 0.133. The van der Waals surface area contributed by atoms with E-state index in [0.717, 1.165) is 15.6 Å². The van der Waals surface area contributed by atoms with Gasteiger partial charge in [-0.15, -0.1) is 0 Å². The molecule has 0 unspecified atom stereocenters. The average molecular weight is 340 g/mol. The molecule has 0 fully saturated rings. The zero-order chi connectivity index (χ0) is 14.0. The molecule has 19 heavy (non-hydrogen) atoms. The van der Waals surface area contributed by atoms with Gasteiger partial charge < -0.3 is 4.74 Å². The van der Waals surface area contributed by atoms with Crippen LogP contribution in [0, 0.1) is 13.8 Å². The van der Waals surface area contributed by atoms with E-state index in [4.69, 9.17) is 16.3 Å². The Kier molecular flexibility index (Phi) is 4.27. The first-order chi connectivity index (χ1) is 8.99. The van der Waals surface area contributed by atoms with Crippen molar-refractivity contribution < 1.29 is 9.53 Å². The van der Waals surface area contributed by atoms with Gasteiger partial charge in [-0.1, -0.05) is 39.7 Å². The number of aryl methyl sites for hydroxylation is 1. The number of hydrogen-bond donors (Lipinski definition) is 0. The molecule has 0 heterocycles. The van der Waals surface area contributed by atoms with Crippen LogP contribution in [0.2, 0.25) is 5.02 Å². The van der Waals surface area contributed by atoms with Gasteiger partial charge in [0.1, 0.15) is 5.75 Å². The predicted octanol–water partition coefficient (Wildman–Crippen LogP) is 4.94. The topological polar surface area (TPSA) is 26.3 Å². The predicted molar refractivity (Wildman–Crippen MR) is 80.0 cm³/mol. The monoisotopic (exact) mass is 338 g/mol. The molecular formula is C15H12BrClO2. The van der Waals surface area contributed by atoms with Gasteiger partial charge >= 0.3 is 5.97 Å². The van der Waals surface area contributed by atoms with Gasteiger partial charge in [0.2, 0.25) is 0 Å². The summed E-state index contributed by atoms with van der Waals surface area (Å²) in [4.78, 5) is 12.1. The fourth-order valence-electron chi connectivity index (χ4n) is 1.69. The lowest BCUT2D eigenvalue weighted by molar-refractivity contribution is 0.0734. The highest BCUT2D eigenvalue weighted by Gasteiger charge is 2.14. The van der Waals surface area contributed by atoms with Crippen LogP contribution in [0.5, 0.6) is 5.75 Å². The highest BCUT2D eigenvalue weighted by atomic mass is 79.9. The van der Waals surface area contributed by atoms with Crippen molar-refractivity contribution in [2.24, 2.45) is 0 Å². The van der Waals surface area contributed by atoms with Gasteiger partial charge in [0, 0.05) is 4.47 Å². The second-order valence-corrected chi connectivity index (χ2v) is 5.53. The number of carbonyl (C=O) groups excluding carboxylic acids is 1. The van der Waals surface area contributed by atoms with E-state index in [0.29, 0.717) is 16.3 Å². The Labute approximate surface area is 125 Å². The Bertz CT molecular complexity index is 638. The summed E-state index contributed by atoms with van der Waals surface area (Å²) in [5.74, 6) is -0.0406. The number of hydrogen-bond acceptors (Lipinski definition) is 2. The molecule has 0 spiro atoms. The Hall–Kier alpha value is -1.32. The first kappa shape index (κ1) is 14.1. The maximum Gasteiger partial charge on any atom is 0.343 e. The third-order valence-corrected chi connectivity index (χ3v) is 3.71. The quantitative estimate of drug-likeness (QED) is 0.572. The van der Waals surface area contributed by atoms with Crippen LogP contribution in [0.15, 0.2) is 40.9 Å². The Morgan fingerprint density at radius 2 is 1.95 bits per heavy atom. The van der Waals surface area contributed by atoms with E-state index in [-0.39, 0.29) is 0 Å². The standard InChI is InChI=1S/C15H12BrClO2/c1-9-4-3-5-12(10(9)2)15(18)19-14-7-6-11(16)8-13(14)17/h3-8H,1-2H3. The average Bonchev–Trinajstić information content (AvgIpc) is 2.36. The van der Waals surface area contributed by atoms with Gasteiger partial charge in [0.05, 0.1) is 10.6 Å². The minimum absolute atomic E-state index is 0.357. The minimum Gasteiger partial charge on any atom is -0.421 e. The highest BCUT2D eigenvalue weighted by Crippen LogP contribution is 2.28. The van der Waals surface area contributed by atoms with Crippen LogP contribution in [0.25, 0.3) is 0 Å². The number of benzene rings is 2. The van der Waals surface area contributed by atoms with Crippen LogP contribution in [0.4, 0.5) is 0 Å². The maximum atomic E-state index is 12.1. The number of carbonyl (C=O) groups is 1. The molecule has 0 aliphatic carbocycles. The Morgan fingerprint density at radius 1 is 1.21 bits per heavy atom. The van der Waals surface area contributed by atoms with Gasteiger partial charge in [0.15, 0.2) is 0 Å². The summed E-state index contributed by atoms with van der Waals surface area (Å²) >= 11 is 9.33. The SMILES string of the molecule is Cc1cccc(C(=O)Oc2ccc(Br)cc2Cl)c1C. The molecule has 0 saturated carbocycles. The van der Waals surface area contributed by atoms with Crippen molar-refractivity contribution in [1.29, 1.82) is 0 Å². The molecule has 98 valence electrons. The summed E-state index contributed by atoms with van der Waals surface area (Å²) in [7, 11) is 0. The summed E-state index contributed by atoms with van der Waals surface area (Å²) in [5, 5.41) is 0.396. The summed E-state index contributed by atoms with van der Waals surface area (Å²) in [6.07, 6.45) is 0. The molecule has 2 rings (SSSR count). The normalized spacial score (nSPS) is 10.3. The molecule has 0 aromatic heterocycles. The van der Waals surface area contributed by atoms with E-state index in [1.54, 1.807) is 24.3 Å².